The number of aliphatic hydroxyl groups is 1. The number of aromatic nitrogens is 4. The van der Waals surface area contributed by atoms with Gasteiger partial charge in [-0.05, 0) is 96.2 Å². The summed E-state index contributed by atoms with van der Waals surface area (Å²) in [5, 5.41) is 26.3. The zero-order chi connectivity index (χ0) is 60.0. The number of esters is 1. The zero-order valence-corrected chi connectivity index (χ0v) is 48.1. The van der Waals surface area contributed by atoms with Gasteiger partial charge in [0.15, 0.2) is 30.8 Å². The summed E-state index contributed by atoms with van der Waals surface area (Å²) in [4.78, 5) is 80.7. The molecule has 8 rings (SSSR count). The Hall–Kier alpha value is -7.81. The quantitative estimate of drug-likeness (QED) is 0.0162. The smallest absolute Gasteiger partial charge is 0.351 e. The summed E-state index contributed by atoms with van der Waals surface area (Å²) >= 11 is 0. The first-order chi connectivity index (χ1) is 40.0. The van der Waals surface area contributed by atoms with Gasteiger partial charge < -0.3 is 44.6 Å². The fraction of sp³-hybridized carbons (Fsp3) is 0.422. The van der Waals surface area contributed by atoms with Crippen LogP contribution in [0.4, 0.5) is 5.82 Å². The van der Waals surface area contributed by atoms with E-state index >= 15 is 0 Å². The molecule has 0 bridgehead atoms. The van der Waals surface area contributed by atoms with Gasteiger partial charge in [-0.1, -0.05) is 160 Å². The van der Waals surface area contributed by atoms with E-state index in [-0.39, 0.29) is 56.2 Å². The number of aliphatic carboxylic acids is 1. The van der Waals surface area contributed by atoms with Gasteiger partial charge in [0.25, 0.3) is 0 Å². The van der Waals surface area contributed by atoms with Crippen LogP contribution in [0.2, 0.25) is 0 Å². The zero-order valence-electron chi connectivity index (χ0n) is 48.1. The average molecular weight is 1140 g/mol. The second kappa shape index (κ2) is 34.6. The number of benzene rings is 4. The molecule has 0 saturated carbocycles. The molecule has 0 unspecified atom stereocenters. The monoisotopic (exact) mass is 1140 g/mol. The van der Waals surface area contributed by atoms with E-state index in [9.17, 15) is 28.8 Å². The van der Waals surface area contributed by atoms with E-state index in [1.54, 1.807) is 68.4 Å². The Morgan fingerprint density at radius 1 is 0.614 bits per heavy atom. The Labute approximate surface area is 485 Å². The highest BCUT2D eigenvalue weighted by Crippen LogP contribution is 2.28. The van der Waals surface area contributed by atoms with Gasteiger partial charge in [-0.3, -0.25) is 28.3 Å². The Bertz CT molecular complexity index is 3030. The van der Waals surface area contributed by atoms with Gasteiger partial charge in [0.1, 0.15) is 18.1 Å². The van der Waals surface area contributed by atoms with E-state index in [1.165, 1.54) is 51.6 Å². The van der Waals surface area contributed by atoms with Gasteiger partial charge in [-0.15, -0.1) is 0 Å². The lowest BCUT2D eigenvalue weighted by Gasteiger charge is -2.23. The molecule has 2 aliphatic heterocycles. The van der Waals surface area contributed by atoms with Crippen molar-refractivity contribution in [1.29, 1.82) is 5.41 Å². The van der Waals surface area contributed by atoms with Crippen LogP contribution in [-0.4, -0.2) is 105 Å². The Balaban J connectivity index is 0.000000244. The van der Waals surface area contributed by atoms with E-state index in [2.05, 4.69) is 70.5 Å². The molecule has 4 atom stereocenters. The summed E-state index contributed by atoms with van der Waals surface area (Å²) in [5.41, 5.74) is 1.52. The molecule has 4 N–H and O–H groups in total. The van der Waals surface area contributed by atoms with Crippen molar-refractivity contribution in [3.8, 4) is 0 Å². The summed E-state index contributed by atoms with van der Waals surface area (Å²) < 4.78 is 29.9. The van der Waals surface area contributed by atoms with Gasteiger partial charge in [0.05, 0.1) is 37.2 Å². The van der Waals surface area contributed by atoms with Crippen LogP contribution in [0.25, 0.3) is 0 Å². The number of rotatable bonds is 27. The molecule has 0 spiro atoms. The topological polar surface area (TPSA) is 261 Å². The van der Waals surface area contributed by atoms with Crippen LogP contribution in [0.3, 0.4) is 0 Å². The molecule has 6 aromatic rings. The van der Waals surface area contributed by atoms with E-state index in [0.717, 1.165) is 64.2 Å². The number of hydrogen-bond acceptors (Lipinski definition) is 16. The van der Waals surface area contributed by atoms with Gasteiger partial charge in [-0.2, -0.15) is 9.97 Å². The molecule has 4 aromatic carbocycles. The normalized spacial score (nSPS) is 16.4. The molecule has 19 nitrogen and oxygen atoms in total. The Kier molecular flexibility index (Phi) is 27.5. The van der Waals surface area contributed by atoms with Crippen molar-refractivity contribution in [2.75, 3.05) is 38.3 Å². The van der Waals surface area contributed by atoms with E-state index in [0.29, 0.717) is 16.9 Å². The number of ketones is 2. The van der Waals surface area contributed by atoms with Crippen molar-refractivity contribution in [2.45, 2.75) is 130 Å². The van der Waals surface area contributed by atoms with Crippen LogP contribution in [0.15, 0.2) is 155 Å². The van der Waals surface area contributed by atoms with Crippen LogP contribution in [0, 0.1) is 16.2 Å². The Morgan fingerprint density at radius 2 is 1.07 bits per heavy atom. The lowest BCUT2D eigenvalue weighted by Crippen LogP contribution is -2.31. The number of anilines is 1. The number of Topliss-reactive ketones (excluding diaryl/α,β-unsaturated/α-hetero) is 1. The minimum Gasteiger partial charge on any atom is -0.481 e. The van der Waals surface area contributed by atoms with Crippen molar-refractivity contribution in [2.24, 2.45) is 10.8 Å². The largest absolute Gasteiger partial charge is 0.481 e. The van der Waals surface area contributed by atoms with Gasteiger partial charge in [-0.25, -0.2) is 9.59 Å². The SMILES string of the molecule is C=N.CC(C)(CCCCCCc1ccccc1)C(=O)O.CC(C)(CCCCCCc1ccccc1)C(=O)OC[C@H]1OC[C@@H](n2ccc(C(=O)c3ccccc3)nc2=O)O1.O=C(CNc1ccn([C@@H]2CO[C@H](CO)O2)c(=O)n1)c1ccccc1. The minimum atomic E-state index is -0.787. The van der Waals surface area contributed by atoms with Crippen LogP contribution in [-0.2, 0) is 46.1 Å². The second-order valence-corrected chi connectivity index (χ2v) is 21.2. The third-order valence-electron chi connectivity index (χ3n) is 13.9. The standard InChI is InChI=1S/C31H36N2O6.C16H17N3O5.C16H24O2.CH3N/c1-31(2,19-12-4-3-7-13-23-14-8-5-9-15-23)29(35)38-22-27-37-21-26(39-27)33-20-18-25(32-30(33)36)28(34)24-16-10-6-11-17-24;20-9-15-23-10-14(24-15)19-7-6-13(18-16(19)22)17-8-12(21)11-4-2-1-3-5-11;1-16(2,15(17)18)13-9-4-3-6-10-14-11-7-5-8-12-14;1-2/h5-6,8-11,14-18,20,26-27H,3-4,7,12-13,19,21-22H2,1-2H3;1-7,14-15,20H,8-10H2,(H,17,18,22);5,7-8,11-12H,3-4,6,9-10,13H2,1-2H3,(H,17,18);2H,1H2/t26-,27-;14-,15-;;/m00../s1. The molecule has 0 radical (unpaired) electrons. The number of carbonyl (C=O) groups is 4. The molecule has 2 saturated heterocycles. The summed E-state index contributed by atoms with van der Waals surface area (Å²) in [7, 11) is 0. The van der Waals surface area contributed by atoms with Gasteiger partial charge >= 0.3 is 23.3 Å². The molecule has 2 aliphatic rings. The van der Waals surface area contributed by atoms with Crippen LogP contribution < -0.4 is 16.7 Å². The number of aryl methyl sites for hydroxylation is 2. The molecule has 2 fully saturated rings. The van der Waals surface area contributed by atoms with E-state index in [4.69, 9.17) is 39.3 Å². The number of hydrogen-bond donors (Lipinski definition) is 4. The van der Waals surface area contributed by atoms with Crippen molar-refractivity contribution < 1.29 is 53.1 Å². The third kappa shape index (κ3) is 22.1. The number of unbranched alkanes of at least 4 members (excludes halogenated alkanes) is 6. The molecule has 444 valence electrons. The van der Waals surface area contributed by atoms with Crippen molar-refractivity contribution in [3.63, 3.8) is 0 Å². The first-order valence-corrected chi connectivity index (χ1v) is 28.1. The number of carboxylic acids is 1. The maximum absolute atomic E-state index is 12.7. The first kappa shape index (κ1) is 66.0. The highest BCUT2D eigenvalue weighted by molar-refractivity contribution is 6.07. The Morgan fingerprint density at radius 3 is 1.57 bits per heavy atom. The fourth-order valence-corrected chi connectivity index (χ4v) is 8.82. The number of ether oxygens (including phenoxy) is 5. The maximum Gasteiger partial charge on any atom is 0.351 e. The second-order valence-electron chi connectivity index (χ2n) is 21.2. The third-order valence-corrected chi connectivity index (χ3v) is 13.9. The summed E-state index contributed by atoms with van der Waals surface area (Å²) in [6, 6.07) is 41.6. The summed E-state index contributed by atoms with van der Waals surface area (Å²) in [6.45, 7) is 9.84. The van der Waals surface area contributed by atoms with Crippen molar-refractivity contribution >= 4 is 36.0 Å². The molecule has 2 aromatic heterocycles. The summed E-state index contributed by atoms with van der Waals surface area (Å²) in [6.07, 6.45) is 12.6. The number of nitrogens with zero attached hydrogens (tertiary/aromatic N) is 4. The van der Waals surface area contributed by atoms with Gasteiger partial charge in [0.2, 0.25) is 5.78 Å². The van der Waals surface area contributed by atoms with Gasteiger partial charge in [0, 0.05) is 23.5 Å². The van der Waals surface area contributed by atoms with Crippen LogP contribution in [0.5, 0.6) is 0 Å². The molecule has 19 heteroatoms. The number of carbonyl (C=O) groups excluding carboxylic acids is 3. The summed E-state index contributed by atoms with van der Waals surface area (Å²) in [5.74, 6) is -1.11. The molecular weight excluding hydrogens is 1060 g/mol. The molecule has 0 aliphatic carbocycles. The lowest BCUT2D eigenvalue weighted by atomic mass is 9.87. The van der Waals surface area contributed by atoms with E-state index < -0.39 is 53.2 Å². The predicted octanol–water partition coefficient (Wildman–Crippen LogP) is 10.1. The van der Waals surface area contributed by atoms with E-state index in [1.807, 2.05) is 38.1 Å². The van der Waals surface area contributed by atoms with Crippen LogP contribution >= 0.6 is 0 Å². The predicted molar refractivity (Wildman–Crippen MR) is 315 cm³/mol. The fourth-order valence-electron chi connectivity index (χ4n) is 8.82. The minimum absolute atomic E-state index is 0.0378. The molecule has 4 heterocycles. The van der Waals surface area contributed by atoms with Crippen LogP contribution in [0.1, 0.15) is 142 Å². The number of carboxylic acid groups (broad SMARTS) is 1. The molecule has 83 heavy (non-hydrogen) atoms. The highest BCUT2D eigenvalue weighted by Gasteiger charge is 2.34. The molecular formula is C64H80N6O13. The molecule has 0 amide bonds. The highest BCUT2D eigenvalue weighted by atomic mass is 16.8. The van der Waals surface area contributed by atoms with Crippen molar-refractivity contribution in [1.82, 2.24) is 19.1 Å². The lowest BCUT2D eigenvalue weighted by molar-refractivity contribution is -0.168. The average Bonchev–Trinajstić information content (AvgIpc) is 4.38. The van der Waals surface area contributed by atoms with Crippen molar-refractivity contribution in [3.05, 3.63) is 195 Å². The maximum atomic E-state index is 12.7. The number of nitrogens with one attached hydrogen (secondary N) is 2. The first-order valence-electron chi connectivity index (χ1n) is 28.1. The number of aliphatic hydroxyl groups excluding tert-OH is 1.